The molecular weight excluding hydrogens is 234 g/mol. The zero-order chi connectivity index (χ0) is 5.11. The molecule has 0 aliphatic heterocycles. The van der Waals surface area contributed by atoms with E-state index in [1.165, 1.54) is 0 Å². The predicted octanol–water partition coefficient (Wildman–Crippen LogP) is -3.65. The monoisotopic (exact) mass is 238 g/mol. The van der Waals surface area contributed by atoms with E-state index in [9.17, 15) is 0 Å². The van der Waals surface area contributed by atoms with Gasteiger partial charge in [-0.25, -0.2) is 0 Å². The largest absolute Gasteiger partial charge is 2.00 e. The first-order valence-corrected chi connectivity index (χ1v) is 2.48. The summed E-state index contributed by atoms with van der Waals surface area (Å²) in [6, 6.07) is 9.44. The van der Waals surface area contributed by atoms with Gasteiger partial charge in [0, 0.05) is 5.02 Å². The summed E-state index contributed by atoms with van der Waals surface area (Å²) >= 11 is 5.54. The topological polar surface area (TPSA) is 0 Å². The molecule has 0 spiro atoms. The molecule has 1 rings (SSSR count). The Morgan fingerprint density at radius 1 is 0.900 bits per heavy atom. The molecule has 0 heterocycles. The molecule has 0 atom stereocenters. The molecule has 4 heteroatoms. The van der Waals surface area contributed by atoms with Gasteiger partial charge in [0.05, 0.1) is 0 Å². The fraction of sp³-hybridized carbons (Fsp3) is 0. The van der Waals surface area contributed by atoms with Crippen LogP contribution in [-0.2, 0) is 17.1 Å². The van der Waals surface area contributed by atoms with Crippen molar-refractivity contribution >= 4 is 11.6 Å². The van der Waals surface area contributed by atoms with Crippen LogP contribution in [0.1, 0.15) is 0 Å². The van der Waals surface area contributed by atoms with Gasteiger partial charge in [0.15, 0.2) is 0 Å². The van der Waals surface area contributed by atoms with E-state index in [1.807, 2.05) is 30.3 Å². The molecule has 0 unspecified atom stereocenters. The average Bonchev–Trinajstić information content (AvgIpc) is 1.69. The standard InChI is InChI=1S/C6H5Cl.2ClH.Fe/c7-6-4-2-1-3-5-6;;;/h1-5H;2*1H;/q;;;+2/p-2. The summed E-state index contributed by atoms with van der Waals surface area (Å²) < 4.78 is 0. The van der Waals surface area contributed by atoms with Gasteiger partial charge in [-0.15, -0.1) is 0 Å². The summed E-state index contributed by atoms with van der Waals surface area (Å²) in [6.45, 7) is 0. The van der Waals surface area contributed by atoms with Gasteiger partial charge in [0.25, 0.3) is 0 Å². The molecule has 0 fully saturated rings. The molecule has 0 saturated heterocycles. The maximum absolute atomic E-state index is 5.54. The quantitative estimate of drug-likeness (QED) is 0.410. The number of halogens is 3. The van der Waals surface area contributed by atoms with E-state index in [0.29, 0.717) is 0 Å². The van der Waals surface area contributed by atoms with Crippen molar-refractivity contribution in [2.75, 3.05) is 0 Å². The van der Waals surface area contributed by atoms with Gasteiger partial charge in [-0.2, -0.15) is 0 Å². The van der Waals surface area contributed by atoms with Gasteiger partial charge < -0.3 is 24.8 Å². The molecule has 1 aromatic rings. The van der Waals surface area contributed by atoms with Crippen molar-refractivity contribution in [1.82, 2.24) is 0 Å². The van der Waals surface area contributed by atoms with E-state index in [-0.39, 0.29) is 41.9 Å². The number of rotatable bonds is 0. The fourth-order valence-corrected chi connectivity index (χ4v) is 0.560. The third-order valence-corrected chi connectivity index (χ3v) is 0.985. The Balaban J connectivity index is -0.000000163. The van der Waals surface area contributed by atoms with E-state index in [4.69, 9.17) is 11.6 Å². The molecule has 0 aliphatic rings. The molecule has 0 nitrogen and oxygen atoms in total. The first kappa shape index (κ1) is 16.9. The summed E-state index contributed by atoms with van der Waals surface area (Å²) in [4.78, 5) is 0. The molecule has 0 bridgehead atoms. The zero-order valence-electron chi connectivity index (χ0n) is 4.87. The Morgan fingerprint density at radius 3 is 1.50 bits per heavy atom. The van der Waals surface area contributed by atoms with E-state index in [0.717, 1.165) is 5.02 Å². The van der Waals surface area contributed by atoms with Crippen LogP contribution in [0.2, 0.25) is 5.02 Å². The van der Waals surface area contributed by atoms with E-state index in [1.54, 1.807) is 0 Å². The van der Waals surface area contributed by atoms with E-state index in [2.05, 4.69) is 0 Å². The van der Waals surface area contributed by atoms with Crippen LogP contribution in [0.3, 0.4) is 0 Å². The molecule has 0 amide bonds. The third kappa shape index (κ3) is 6.73. The van der Waals surface area contributed by atoms with Crippen LogP contribution in [0.25, 0.3) is 0 Å². The molecule has 58 valence electrons. The second kappa shape index (κ2) is 9.61. The maximum atomic E-state index is 5.54. The number of hydrogen-bond acceptors (Lipinski definition) is 0. The molecule has 0 aliphatic carbocycles. The molecular formula is C6H5Cl3Fe. The van der Waals surface area contributed by atoms with Gasteiger partial charge >= 0.3 is 17.1 Å². The minimum atomic E-state index is 0. The molecule has 10 heavy (non-hydrogen) atoms. The van der Waals surface area contributed by atoms with Gasteiger partial charge in [0.2, 0.25) is 0 Å². The molecule has 0 aromatic heterocycles. The van der Waals surface area contributed by atoms with Crippen molar-refractivity contribution in [2.24, 2.45) is 0 Å². The normalized spacial score (nSPS) is 6.10. The van der Waals surface area contributed by atoms with Crippen LogP contribution >= 0.6 is 11.6 Å². The first-order chi connectivity index (χ1) is 3.39. The number of benzene rings is 1. The van der Waals surface area contributed by atoms with Gasteiger partial charge in [-0.3, -0.25) is 0 Å². The van der Waals surface area contributed by atoms with Crippen LogP contribution in [0.5, 0.6) is 0 Å². The average molecular weight is 239 g/mol. The van der Waals surface area contributed by atoms with Crippen LogP contribution in [0, 0.1) is 0 Å². The van der Waals surface area contributed by atoms with Gasteiger partial charge in [0.1, 0.15) is 0 Å². The first-order valence-electron chi connectivity index (χ1n) is 2.10. The zero-order valence-corrected chi connectivity index (χ0v) is 8.25. The third-order valence-electron chi connectivity index (χ3n) is 0.733. The Hall–Kier alpha value is 0.609. The Kier molecular flexibility index (Phi) is 16.3. The summed E-state index contributed by atoms with van der Waals surface area (Å²) in [6.07, 6.45) is 0. The SMILES string of the molecule is Clc1ccccc1.[Cl-].[Cl-].[Fe+2]. The van der Waals surface area contributed by atoms with Crippen molar-refractivity contribution in [3.63, 3.8) is 0 Å². The fourth-order valence-electron chi connectivity index (χ4n) is 0.415. The van der Waals surface area contributed by atoms with Crippen molar-refractivity contribution in [3.8, 4) is 0 Å². The Morgan fingerprint density at radius 2 is 1.30 bits per heavy atom. The van der Waals surface area contributed by atoms with E-state index < -0.39 is 0 Å². The summed E-state index contributed by atoms with van der Waals surface area (Å²) in [5.41, 5.74) is 0. The van der Waals surface area contributed by atoms with Crippen LogP contribution < -0.4 is 24.8 Å². The molecule has 0 radical (unpaired) electrons. The number of hydrogen-bond donors (Lipinski definition) is 0. The minimum absolute atomic E-state index is 0. The van der Waals surface area contributed by atoms with Gasteiger partial charge in [-0.1, -0.05) is 29.8 Å². The minimum Gasteiger partial charge on any atom is -1.00 e. The second-order valence-electron chi connectivity index (χ2n) is 1.30. The molecule has 0 saturated carbocycles. The maximum Gasteiger partial charge on any atom is 2.00 e. The van der Waals surface area contributed by atoms with Crippen molar-refractivity contribution in [3.05, 3.63) is 35.4 Å². The second-order valence-corrected chi connectivity index (χ2v) is 1.73. The molecule has 1 aromatic carbocycles. The van der Waals surface area contributed by atoms with Crippen molar-refractivity contribution in [1.29, 1.82) is 0 Å². The smallest absolute Gasteiger partial charge is 1.00 e. The summed E-state index contributed by atoms with van der Waals surface area (Å²) in [5, 5.41) is 0.794. The molecule has 0 N–H and O–H groups in total. The van der Waals surface area contributed by atoms with Crippen LogP contribution in [-0.4, -0.2) is 0 Å². The van der Waals surface area contributed by atoms with Crippen molar-refractivity contribution < 1.29 is 41.9 Å². The van der Waals surface area contributed by atoms with Gasteiger partial charge in [-0.05, 0) is 12.1 Å². The van der Waals surface area contributed by atoms with Crippen molar-refractivity contribution in [2.45, 2.75) is 0 Å². The predicted molar refractivity (Wildman–Crippen MR) is 31.5 cm³/mol. The Labute approximate surface area is 88.6 Å². The van der Waals surface area contributed by atoms with Crippen LogP contribution in [0.15, 0.2) is 30.3 Å². The Bertz CT molecular complexity index is 143. The summed E-state index contributed by atoms with van der Waals surface area (Å²) in [7, 11) is 0. The van der Waals surface area contributed by atoms with Crippen LogP contribution in [0.4, 0.5) is 0 Å². The summed E-state index contributed by atoms with van der Waals surface area (Å²) in [5.74, 6) is 0. The van der Waals surface area contributed by atoms with E-state index >= 15 is 0 Å².